The molecule has 1 unspecified atom stereocenters. The number of ether oxygens (including phenoxy) is 1. The quantitative estimate of drug-likeness (QED) is 0.859. The van der Waals surface area contributed by atoms with Crippen LogP contribution in [-0.2, 0) is 0 Å². The molecule has 1 amide bonds. The minimum Gasteiger partial charge on any atom is -0.492 e. The number of hydrogen-bond acceptors (Lipinski definition) is 3. The Bertz CT molecular complexity index is 595. The van der Waals surface area contributed by atoms with Crippen molar-refractivity contribution in [3.63, 3.8) is 0 Å². The number of nitrogens with one attached hydrogen (secondary N) is 1. The van der Waals surface area contributed by atoms with E-state index in [9.17, 15) is 4.79 Å². The van der Waals surface area contributed by atoms with Gasteiger partial charge in [-0.25, -0.2) is 0 Å². The summed E-state index contributed by atoms with van der Waals surface area (Å²) in [5.41, 5.74) is 1.15. The van der Waals surface area contributed by atoms with Gasteiger partial charge in [0.2, 0.25) is 0 Å². The summed E-state index contributed by atoms with van der Waals surface area (Å²) in [6.45, 7) is 5.10. The van der Waals surface area contributed by atoms with Gasteiger partial charge in [-0.1, -0.05) is 30.7 Å². The van der Waals surface area contributed by atoms with Gasteiger partial charge in [-0.2, -0.15) is 0 Å². The number of carbonyl (C=O) groups is 1. The van der Waals surface area contributed by atoms with Crippen molar-refractivity contribution in [2.24, 2.45) is 0 Å². The third kappa shape index (κ3) is 4.22. The Morgan fingerprint density at radius 1 is 1.33 bits per heavy atom. The van der Waals surface area contributed by atoms with E-state index in [2.05, 4.69) is 12.2 Å². The van der Waals surface area contributed by atoms with Crippen LogP contribution in [0.25, 0.3) is 0 Å². The van der Waals surface area contributed by atoms with Crippen LogP contribution in [0.3, 0.4) is 0 Å². The van der Waals surface area contributed by atoms with E-state index in [4.69, 9.17) is 16.3 Å². The average molecular weight is 324 g/mol. The predicted molar refractivity (Wildman–Crippen MR) is 87.7 cm³/mol. The summed E-state index contributed by atoms with van der Waals surface area (Å²) in [7, 11) is 0. The Hall–Kier alpha value is -1.52. The van der Waals surface area contributed by atoms with Crippen molar-refractivity contribution >= 4 is 28.8 Å². The molecular weight excluding hydrogens is 306 g/mol. The second-order valence-electron chi connectivity index (χ2n) is 4.71. The molecule has 112 valence electrons. The molecule has 0 radical (unpaired) electrons. The maximum atomic E-state index is 12.2. The van der Waals surface area contributed by atoms with Crippen LogP contribution < -0.4 is 10.1 Å². The molecule has 0 saturated carbocycles. The summed E-state index contributed by atoms with van der Waals surface area (Å²) in [5.74, 6) is 0.787. The highest BCUT2D eigenvalue weighted by Gasteiger charge is 2.15. The van der Waals surface area contributed by atoms with Crippen molar-refractivity contribution in [3.8, 4) is 5.75 Å². The Morgan fingerprint density at radius 2 is 2.05 bits per heavy atom. The normalized spacial score (nSPS) is 12.0. The van der Waals surface area contributed by atoms with Crippen LogP contribution in [0.5, 0.6) is 5.75 Å². The fourth-order valence-electron chi connectivity index (χ4n) is 1.97. The first kappa shape index (κ1) is 15.9. The molecule has 1 N–H and O–H groups in total. The average Bonchev–Trinajstić information content (AvgIpc) is 2.94. The highest BCUT2D eigenvalue weighted by molar-refractivity contribution is 7.12. The predicted octanol–water partition coefficient (Wildman–Crippen LogP) is 4.33. The topological polar surface area (TPSA) is 38.3 Å². The molecule has 0 bridgehead atoms. The third-order valence-corrected chi connectivity index (χ3v) is 4.29. The monoisotopic (exact) mass is 323 g/mol. The Labute approximate surface area is 133 Å². The molecular formula is C16H18ClNO2S. The second kappa shape index (κ2) is 7.48. The van der Waals surface area contributed by atoms with Gasteiger partial charge >= 0.3 is 0 Å². The molecule has 1 aromatic carbocycles. The molecule has 1 aromatic heterocycles. The molecule has 3 nitrogen and oxygen atoms in total. The molecule has 0 aliphatic rings. The molecule has 2 rings (SSSR count). The summed E-state index contributed by atoms with van der Waals surface area (Å²) in [6, 6.07) is 9.51. The fourth-order valence-corrected chi connectivity index (χ4v) is 2.84. The second-order valence-corrected chi connectivity index (χ2v) is 6.06. The van der Waals surface area contributed by atoms with Crippen LogP contribution in [0.2, 0.25) is 5.02 Å². The third-order valence-electron chi connectivity index (χ3n) is 3.14. The van der Waals surface area contributed by atoms with Gasteiger partial charge in [0.1, 0.15) is 10.6 Å². The lowest BCUT2D eigenvalue weighted by atomic mass is 10.0. The molecule has 0 spiro atoms. The van der Waals surface area contributed by atoms with Crippen molar-refractivity contribution in [2.45, 2.75) is 19.8 Å². The van der Waals surface area contributed by atoms with Crippen LogP contribution in [-0.4, -0.2) is 19.1 Å². The molecule has 1 atom stereocenters. The van der Waals surface area contributed by atoms with Crippen molar-refractivity contribution in [1.29, 1.82) is 0 Å². The highest BCUT2D eigenvalue weighted by Crippen LogP contribution is 2.25. The minimum absolute atomic E-state index is 0.0886. The lowest BCUT2D eigenvalue weighted by Crippen LogP contribution is -2.27. The zero-order chi connectivity index (χ0) is 15.2. The van der Waals surface area contributed by atoms with Gasteiger partial charge in [0.05, 0.1) is 6.61 Å². The molecule has 1 heterocycles. The molecule has 0 aliphatic heterocycles. The first-order valence-corrected chi connectivity index (χ1v) is 8.11. The summed E-state index contributed by atoms with van der Waals surface area (Å²) in [5, 5.41) is 5.54. The smallest absolute Gasteiger partial charge is 0.265 e. The van der Waals surface area contributed by atoms with Crippen molar-refractivity contribution in [3.05, 3.63) is 51.2 Å². The number of benzene rings is 1. The number of carbonyl (C=O) groups excluding carboxylic acids is 1. The van der Waals surface area contributed by atoms with E-state index in [1.54, 1.807) is 0 Å². The maximum absolute atomic E-state index is 12.2. The van der Waals surface area contributed by atoms with E-state index in [-0.39, 0.29) is 11.8 Å². The molecule has 5 heteroatoms. The van der Waals surface area contributed by atoms with Gasteiger partial charge in [-0.05, 0) is 42.0 Å². The number of halogens is 1. The van der Waals surface area contributed by atoms with E-state index in [1.807, 2.05) is 42.6 Å². The van der Waals surface area contributed by atoms with E-state index >= 15 is 0 Å². The van der Waals surface area contributed by atoms with Crippen molar-refractivity contribution < 1.29 is 9.53 Å². The molecule has 0 fully saturated rings. The van der Waals surface area contributed by atoms with Crippen LogP contribution in [0.15, 0.2) is 35.7 Å². The first-order chi connectivity index (χ1) is 10.1. The summed E-state index contributed by atoms with van der Waals surface area (Å²) in [4.78, 5) is 12.8. The largest absolute Gasteiger partial charge is 0.492 e. The van der Waals surface area contributed by atoms with Crippen molar-refractivity contribution in [2.75, 3.05) is 13.2 Å². The van der Waals surface area contributed by atoms with Crippen LogP contribution in [0, 0.1) is 0 Å². The van der Waals surface area contributed by atoms with Gasteiger partial charge in [0.15, 0.2) is 0 Å². The first-order valence-electron chi connectivity index (χ1n) is 6.85. The zero-order valence-electron chi connectivity index (χ0n) is 12.1. The number of rotatable bonds is 6. The molecule has 0 aliphatic carbocycles. The van der Waals surface area contributed by atoms with Crippen LogP contribution >= 0.6 is 22.9 Å². The van der Waals surface area contributed by atoms with Gasteiger partial charge in [-0.15, -0.1) is 11.3 Å². The summed E-state index contributed by atoms with van der Waals surface area (Å²) < 4.78 is 5.44. The van der Waals surface area contributed by atoms with E-state index in [0.717, 1.165) is 10.6 Å². The van der Waals surface area contributed by atoms with Gasteiger partial charge < -0.3 is 10.1 Å². The SMILES string of the molecule is CCOc1ccsc1C(=O)NCC(C)c1ccc(Cl)cc1. The maximum Gasteiger partial charge on any atom is 0.265 e. The number of hydrogen-bond donors (Lipinski definition) is 1. The zero-order valence-corrected chi connectivity index (χ0v) is 13.6. The lowest BCUT2D eigenvalue weighted by molar-refractivity contribution is 0.0952. The minimum atomic E-state index is -0.0886. The summed E-state index contributed by atoms with van der Waals surface area (Å²) in [6.07, 6.45) is 0. The number of amides is 1. The molecule has 21 heavy (non-hydrogen) atoms. The fraction of sp³-hybridized carbons (Fsp3) is 0.312. The van der Waals surface area contributed by atoms with Gasteiger partial charge in [0, 0.05) is 11.6 Å². The Balaban J connectivity index is 1.94. The molecule has 2 aromatic rings. The highest BCUT2D eigenvalue weighted by atomic mass is 35.5. The standard InChI is InChI=1S/C16H18ClNO2S/c1-3-20-14-8-9-21-15(14)16(19)18-10-11(2)12-4-6-13(17)7-5-12/h4-9,11H,3,10H2,1-2H3,(H,18,19). The molecule has 0 saturated heterocycles. The van der Waals surface area contributed by atoms with E-state index in [0.29, 0.717) is 23.8 Å². The Kier molecular flexibility index (Phi) is 5.65. The van der Waals surface area contributed by atoms with Gasteiger partial charge in [0.25, 0.3) is 5.91 Å². The van der Waals surface area contributed by atoms with Crippen molar-refractivity contribution in [1.82, 2.24) is 5.32 Å². The van der Waals surface area contributed by atoms with Gasteiger partial charge in [-0.3, -0.25) is 4.79 Å². The van der Waals surface area contributed by atoms with Crippen LogP contribution in [0.1, 0.15) is 35.0 Å². The van der Waals surface area contributed by atoms with Crippen LogP contribution in [0.4, 0.5) is 0 Å². The Morgan fingerprint density at radius 3 is 2.71 bits per heavy atom. The van der Waals surface area contributed by atoms with E-state index < -0.39 is 0 Å². The lowest BCUT2D eigenvalue weighted by Gasteiger charge is -2.13. The number of thiophene rings is 1. The van der Waals surface area contributed by atoms with E-state index in [1.165, 1.54) is 11.3 Å². The summed E-state index contributed by atoms with van der Waals surface area (Å²) >= 11 is 7.27.